The first-order valence-corrected chi connectivity index (χ1v) is 8.70. The predicted molar refractivity (Wildman–Crippen MR) is 77.8 cm³/mol. The van der Waals surface area contributed by atoms with Gasteiger partial charge in [-0.25, -0.2) is 13.4 Å². The lowest BCUT2D eigenvalue weighted by atomic mass is 10.1. The largest absolute Gasteiger partial charge is 0.334 e. The molecule has 6 nitrogen and oxygen atoms in total. The smallest absolute Gasteiger partial charge is 0.262 e. The van der Waals surface area contributed by atoms with Crippen molar-refractivity contribution in [3.8, 4) is 0 Å². The Balaban J connectivity index is 2.24. The molecule has 1 unspecified atom stereocenters. The minimum absolute atomic E-state index is 0.0793. The van der Waals surface area contributed by atoms with E-state index in [1.165, 1.54) is 0 Å². The fourth-order valence-electron chi connectivity index (χ4n) is 2.81. The van der Waals surface area contributed by atoms with Crippen molar-refractivity contribution >= 4 is 10.0 Å². The zero-order valence-corrected chi connectivity index (χ0v) is 13.1. The van der Waals surface area contributed by atoms with Crippen molar-refractivity contribution in [3.05, 3.63) is 12.0 Å². The van der Waals surface area contributed by atoms with Crippen molar-refractivity contribution in [2.75, 3.05) is 13.1 Å². The molecule has 0 aliphatic carbocycles. The molecule has 2 N–H and O–H groups in total. The highest BCUT2D eigenvalue weighted by atomic mass is 32.2. The molecular weight excluding hydrogens is 276 g/mol. The maximum atomic E-state index is 12.7. The molecule has 0 aromatic carbocycles. The second kappa shape index (κ2) is 6.24. The highest BCUT2D eigenvalue weighted by Gasteiger charge is 2.36. The summed E-state index contributed by atoms with van der Waals surface area (Å²) in [4.78, 5) is 4.22. The molecule has 2 heterocycles. The summed E-state index contributed by atoms with van der Waals surface area (Å²) in [5.74, 6) is 0.740. The maximum absolute atomic E-state index is 12.7. The number of sulfonamides is 1. The number of imidazole rings is 1. The second-order valence-electron chi connectivity index (χ2n) is 5.26. The average Bonchev–Trinajstić information content (AvgIpc) is 3.02. The van der Waals surface area contributed by atoms with Gasteiger partial charge in [0, 0.05) is 25.3 Å². The van der Waals surface area contributed by atoms with Gasteiger partial charge < -0.3 is 10.3 Å². The summed E-state index contributed by atoms with van der Waals surface area (Å²) in [5, 5.41) is 0.177. The van der Waals surface area contributed by atoms with Crippen LogP contribution in [0.2, 0.25) is 0 Å². The van der Waals surface area contributed by atoms with Crippen LogP contribution in [0.15, 0.2) is 11.2 Å². The molecule has 0 saturated carbocycles. The Morgan fingerprint density at radius 2 is 2.25 bits per heavy atom. The Labute approximate surface area is 121 Å². The molecule has 0 bridgehead atoms. The van der Waals surface area contributed by atoms with E-state index in [2.05, 4.69) is 4.98 Å². The summed E-state index contributed by atoms with van der Waals surface area (Å²) in [6.07, 6.45) is 5.18. The minimum Gasteiger partial charge on any atom is -0.334 e. The fourth-order valence-corrected chi connectivity index (χ4v) is 4.53. The molecule has 0 radical (unpaired) electrons. The minimum atomic E-state index is -3.47. The first kappa shape index (κ1) is 15.5. The summed E-state index contributed by atoms with van der Waals surface area (Å²) in [7, 11) is -3.47. The van der Waals surface area contributed by atoms with Crippen molar-refractivity contribution in [2.45, 2.75) is 57.1 Å². The second-order valence-corrected chi connectivity index (χ2v) is 7.09. The number of nitrogens with two attached hydrogens (primary N) is 1. The molecule has 2 rings (SSSR count). The van der Waals surface area contributed by atoms with Gasteiger partial charge in [-0.05, 0) is 46.1 Å². The summed E-state index contributed by atoms with van der Waals surface area (Å²) in [5.41, 5.74) is 5.53. The Hall–Kier alpha value is -0.920. The Kier molecular flexibility index (Phi) is 4.82. The topological polar surface area (TPSA) is 81.2 Å². The summed E-state index contributed by atoms with van der Waals surface area (Å²) < 4.78 is 28.9. The van der Waals surface area contributed by atoms with Crippen molar-refractivity contribution < 1.29 is 8.42 Å². The third kappa shape index (κ3) is 2.89. The summed E-state index contributed by atoms with van der Waals surface area (Å²) in [6, 6.07) is 0.0793. The molecule has 1 aromatic rings. The molecule has 20 heavy (non-hydrogen) atoms. The Morgan fingerprint density at radius 3 is 2.85 bits per heavy atom. The third-order valence-corrected chi connectivity index (χ3v) is 5.76. The van der Waals surface area contributed by atoms with E-state index >= 15 is 0 Å². The van der Waals surface area contributed by atoms with Crippen LogP contribution in [-0.4, -0.2) is 41.4 Å². The van der Waals surface area contributed by atoms with E-state index in [1.807, 2.05) is 18.4 Å². The van der Waals surface area contributed by atoms with Crippen LogP contribution in [0.1, 0.15) is 38.4 Å². The van der Waals surface area contributed by atoms with Gasteiger partial charge in [0.05, 0.1) is 0 Å². The monoisotopic (exact) mass is 300 g/mol. The molecule has 1 aliphatic rings. The summed E-state index contributed by atoms with van der Waals surface area (Å²) >= 11 is 0. The van der Waals surface area contributed by atoms with E-state index in [-0.39, 0.29) is 11.1 Å². The van der Waals surface area contributed by atoms with E-state index in [9.17, 15) is 8.42 Å². The first-order chi connectivity index (χ1) is 9.50. The van der Waals surface area contributed by atoms with Gasteiger partial charge in [0.1, 0.15) is 5.82 Å². The average molecular weight is 300 g/mol. The van der Waals surface area contributed by atoms with Crippen LogP contribution in [0.5, 0.6) is 0 Å². The van der Waals surface area contributed by atoms with E-state index in [0.29, 0.717) is 13.1 Å². The lowest BCUT2D eigenvalue weighted by Crippen LogP contribution is -2.36. The van der Waals surface area contributed by atoms with Crippen molar-refractivity contribution in [1.82, 2.24) is 13.9 Å². The normalized spacial score (nSPS) is 20.6. The summed E-state index contributed by atoms with van der Waals surface area (Å²) in [6.45, 7) is 5.73. The standard InChI is InChI=1S/C13H24N4O2S/c1-3-16-10-13(15-11(16)2)20(18,19)17-9-5-7-12(17)6-4-8-14/h10,12H,3-9,14H2,1-2H3. The van der Waals surface area contributed by atoms with Gasteiger partial charge >= 0.3 is 0 Å². The number of hydrogen-bond donors (Lipinski definition) is 1. The van der Waals surface area contributed by atoms with E-state index in [4.69, 9.17) is 5.73 Å². The van der Waals surface area contributed by atoms with Crippen LogP contribution >= 0.6 is 0 Å². The van der Waals surface area contributed by atoms with Crippen molar-refractivity contribution in [3.63, 3.8) is 0 Å². The zero-order chi connectivity index (χ0) is 14.8. The number of aryl methyl sites for hydroxylation is 2. The number of rotatable bonds is 6. The molecule has 7 heteroatoms. The van der Waals surface area contributed by atoms with Gasteiger partial charge in [0.25, 0.3) is 10.0 Å². The Bertz CT molecular complexity index is 553. The van der Waals surface area contributed by atoms with Crippen LogP contribution < -0.4 is 5.73 Å². The van der Waals surface area contributed by atoms with Gasteiger partial charge in [-0.3, -0.25) is 0 Å². The first-order valence-electron chi connectivity index (χ1n) is 7.26. The third-order valence-electron chi connectivity index (χ3n) is 3.93. The van der Waals surface area contributed by atoms with Crippen LogP contribution in [0, 0.1) is 6.92 Å². The molecule has 0 spiro atoms. The van der Waals surface area contributed by atoms with E-state index < -0.39 is 10.0 Å². The van der Waals surface area contributed by atoms with Crippen molar-refractivity contribution in [1.29, 1.82) is 0 Å². The van der Waals surface area contributed by atoms with Crippen LogP contribution in [0.4, 0.5) is 0 Å². The molecule has 114 valence electrons. The van der Waals surface area contributed by atoms with Crippen molar-refractivity contribution in [2.24, 2.45) is 5.73 Å². The lowest BCUT2D eigenvalue weighted by Gasteiger charge is -2.22. The van der Waals surface area contributed by atoms with Gasteiger partial charge in [-0.1, -0.05) is 0 Å². The zero-order valence-electron chi connectivity index (χ0n) is 12.2. The van der Waals surface area contributed by atoms with E-state index in [1.54, 1.807) is 10.5 Å². The van der Waals surface area contributed by atoms with Crippen LogP contribution in [0.25, 0.3) is 0 Å². The Morgan fingerprint density at radius 1 is 1.50 bits per heavy atom. The quantitative estimate of drug-likeness (QED) is 0.853. The molecular formula is C13H24N4O2S. The fraction of sp³-hybridized carbons (Fsp3) is 0.769. The maximum Gasteiger partial charge on any atom is 0.262 e. The SMILES string of the molecule is CCn1cc(S(=O)(=O)N2CCCC2CCCN)nc1C. The molecule has 1 aliphatic heterocycles. The highest BCUT2D eigenvalue weighted by molar-refractivity contribution is 7.89. The van der Waals surface area contributed by atoms with E-state index in [0.717, 1.165) is 38.1 Å². The van der Waals surface area contributed by atoms with Gasteiger partial charge in [0.2, 0.25) is 0 Å². The lowest BCUT2D eigenvalue weighted by molar-refractivity contribution is 0.364. The number of nitrogens with zero attached hydrogens (tertiary/aromatic N) is 3. The van der Waals surface area contributed by atoms with Gasteiger partial charge in [-0.15, -0.1) is 0 Å². The molecule has 1 aromatic heterocycles. The number of aromatic nitrogens is 2. The molecule has 1 saturated heterocycles. The van der Waals surface area contributed by atoms with Crippen LogP contribution in [-0.2, 0) is 16.6 Å². The molecule has 1 atom stereocenters. The van der Waals surface area contributed by atoms with Gasteiger partial charge in [0.15, 0.2) is 5.03 Å². The number of hydrogen-bond acceptors (Lipinski definition) is 4. The molecule has 1 fully saturated rings. The molecule has 0 amide bonds. The van der Waals surface area contributed by atoms with Crippen LogP contribution in [0.3, 0.4) is 0 Å². The highest BCUT2D eigenvalue weighted by Crippen LogP contribution is 2.28. The van der Waals surface area contributed by atoms with Gasteiger partial charge in [-0.2, -0.15) is 4.31 Å². The predicted octanol–water partition coefficient (Wildman–Crippen LogP) is 1.10.